The molecule has 0 spiro atoms. The van der Waals surface area contributed by atoms with Crippen molar-refractivity contribution >= 4 is 11.5 Å². The summed E-state index contributed by atoms with van der Waals surface area (Å²) < 4.78 is 13.5. The van der Waals surface area contributed by atoms with Crippen molar-refractivity contribution in [1.29, 1.82) is 0 Å². The number of fused-ring (bicyclic) bond motifs is 1. The van der Waals surface area contributed by atoms with Crippen LogP contribution < -0.4 is 5.73 Å². The molecule has 1 atom stereocenters. The van der Waals surface area contributed by atoms with Gasteiger partial charge in [0.25, 0.3) is 0 Å². The Morgan fingerprint density at radius 1 is 1.53 bits per heavy atom. The highest BCUT2D eigenvalue weighted by atomic mass is 19.1. The number of anilines is 1. The maximum Gasteiger partial charge on any atom is 0.166 e. The fraction of sp³-hybridized carbons (Fsp3) is 0.500. The van der Waals surface area contributed by atoms with Crippen LogP contribution in [0.25, 0.3) is 0 Å². The number of benzene rings is 1. The second-order valence-corrected chi connectivity index (χ2v) is 4.83. The molecule has 0 aliphatic heterocycles. The van der Waals surface area contributed by atoms with Crippen molar-refractivity contribution in [2.24, 2.45) is 5.92 Å². The lowest BCUT2D eigenvalue weighted by atomic mass is 9.98. The summed E-state index contributed by atoms with van der Waals surface area (Å²) in [5.41, 5.74) is 8.10. The third-order valence-corrected chi connectivity index (χ3v) is 3.70. The molecule has 2 rings (SSSR count). The molecule has 1 aliphatic rings. The molecule has 1 unspecified atom stereocenters. The molecule has 0 saturated heterocycles. The van der Waals surface area contributed by atoms with E-state index >= 15 is 0 Å². The average molecular weight is 235 g/mol. The SMILES string of the molecule is CCCCC1Cc2c(cc(F)c(N)c2C)C1=O. The van der Waals surface area contributed by atoms with Crippen LogP contribution >= 0.6 is 0 Å². The molecule has 1 aliphatic carbocycles. The van der Waals surface area contributed by atoms with Gasteiger partial charge in [-0.25, -0.2) is 4.39 Å². The summed E-state index contributed by atoms with van der Waals surface area (Å²) in [6.07, 6.45) is 3.74. The standard InChI is InChI=1S/C14H18FNO/c1-3-4-5-9-6-10-8(2)13(16)12(15)7-11(10)14(9)17/h7,9H,3-6,16H2,1-2H3. The molecule has 0 bridgehead atoms. The van der Waals surface area contributed by atoms with Crippen LogP contribution in [0, 0.1) is 18.7 Å². The molecular weight excluding hydrogens is 217 g/mol. The van der Waals surface area contributed by atoms with Gasteiger partial charge in [0.05, 0.1) is 5.69 Å². The van der Waals surface area contributed by atoms with Gasteiger partial charge in [0, 0.05) is 11.5 Å². The minimum atomic E-state index is -0.467. The zero-order valence-electron chi connectivity index (χ0n) is 10.3. The van der Waals surface area contributed by atoms with Gasteiger partial charge in [-0.1, -0.05) is 19.8 Å². The molecule has 0 fully saturated rings. The van der Waals surface area contributed by atoms with Crippen LogP contribution in [0.2, 0.25) is 0 Å². The van der Waals surface area contributed by atoms with E-state index < -0.39 is 5.82 Å². The third-order valence-electron chi connectivity index (χ3n) is 3.70. The Kier molecular flexibility index (Phi) is 3.18. The van der Waals surface area contributed by atoms with Crippen molar-refractivity contribution in [3.05, 3.63) is 28.6 Å². The molecule has 1 aromatic carbocycles. The largest absolute Gasteiger partial charge is 0.396 e. The van der Waals surface area contributed by atoms with Crippen LogP contribution in [0.1, 0.15) is 47.7 Å². The van der Waals surface area contributed by atoms with Gasteiger partial charge in [0.15, 0.2) is 5.78 Å². The number of ketones is 1. The maximum absolute atomic E-state index is 13.5. The summed E-state index contributed by atoms with van der Waals surface area (Å²) in [4.78, 5) is 12.1. The summed E-state index contributed by atoms with van der Waals surface area (Å²) in [7, 11) is 0. The number of nitrogen functional groups attached to an aromatic ring is 1. The molecule has 0 heterocycles. The second kappa shape index (κ2) is 4.47. The highest BCUT2D eigenvalue weighted by Gasteiger charge is 2.32. The normalized spacial score (nSPS) is 18.5. The van der Waals surface area contributed by atoms with E-state index in [4.69, 9.17) is 5.73 Å². The first-order valence-electron chi connectivity index (χ1n) is 6.17. The van der Waals surface area contributed by atoms with Crippen LogP contribution in [0.4, 0.5) is 10.1 Å². The number of halogens is 1. The smallest absolute Gasteiger partial charge is 0.166 e. The van der Waals surface area contributed by atoms with Crippen LogP contribution in [0.15, 0.2) is 6.07 Å². The highest BCUT2D eigenvalue weighted by molar-refractivity contribution is 6.03. The number of hydrogen-bond acceptors (Lipinski definition) is 2. The minimum Gasteiger partial charge on any atom is -0.396 e. The molecule has 2 nitrogen and oxygen atoms in total. The van der Waals surface area contributed by atoms with E-state index in [1.54, 1.807) is 6.92 Å². The van der Waals surface area contributed by atoms with Gasteiger partial charge in [-0.15, -0.1) is 0 Å². The molecule has 0 radical (unpaired) electrons. The quantitative estimate of drug-likeness (QED) is 0.817. The molecule has 2 N–H and O–H groups in total. The van der Waals surface area contributed by atoms with Crippen molar-refractivity contribution in [2.45, 2.75) is 39.5 Å². The molecule has 17 heavy (non-hydrogen) atoms. The van der Waals surface area contributed by atoms with E-state index in [1.165, 1.54) is 6.07 Å². The molecular formula is C14H18FNO. The van der Waals surface area contributed by atoms with Crippen molar-refractivity contribution in [3.63, 3.8) is 0 Å². The molecule has 3 heteroatoms. The summed E-state index contributed by atoms with van der Waals surface area (Å²) in [5, 5.41) is 0. The summed E-state index contributed by atoms with van der Waals surface area (Å²) in [6.45, 7) is 3.90. The number of rotatable bonds is 3. The van der Waals surface area contributed by atoms with E-state index in [1.807, 2.05) is 0 Å². The summed E-state index contributed by atoms with van der Waals surface area (Å²) in [5.74, 6) is -0.342. The number of nitrogens with two attached hydrogens (primary N) is 1. The van der Waals surface area contributed by atoms with E-state index in [-0.39, 0.29) is 17.4 Å². The zero-order chi connectivity index (χ0) is 12.6. The first-order valence-corrected chi connectivity index (χ1v) is 6.17. The van der Waals surface area contributed by atoms with Crippen LogP contribution in [-0.4, -0.2) is 5.78 Å². The average Bonchev–Trinajstić information content (AvgIpc) is 2.62. The van der Waals surface area contributed by atoms with Gasteiger partial charge in [0.2, 0.25) is 0 Å². The third kappa shape index (κ3) is 1.94. The van der Waals surface area contributed by atoms with Crippen molar-refractivity contribution in [1.82, 2.24) is 0 Å². The Labute approximate surface area is 101 Å². The van der Waals surface area contributed by atoms with Crippen molar-refractivity contribution in [3.8, 4) is 0 Å². The summed E-state index contributed by atoms with van der Waals surface area (Å²) >= 11 is 0. The molecule has 0 saturated carbocycles. The van der Waals surface area contributed by atoms with Gasteiger partial charge in [0.1, 0.15) is 5.82 Å². The number of carbonyl (C=O) groups excluding carboxylic acids is 1. The lowest BCUT2D eigenvalue weighted by Crippen LogP contribution is -2.08. The second-order valence-electron chi connectivity index (χ2n) is 4.83. The first kappa shape index (κ1) is 12.1. The van der Waals surface area contributed by atoms with Crippen molar-refractivity contribution < 1.29 is 9.18 Å². The minimum absolute atomic E-state index is 0.0323. The Bertz CT molecular complexity index is 468. The van der Waals surface area contributed by atoms with Crippen LogP contribution in [-0.2, 0) is 6.42 Å². The van der Waals surface area contributed by atoms with Gasteiger partial charge >= 0.3 is 0 Å². The van der Waals surface area contributed by atoms with Gasteiger partial charge in [-0.3, -0.25) is 4.79 Å². The molecule has 0 amide bonds. The number of Topliss-reactive ketones (excluding diaryl/α,β-unsaturated/α-hetero) is 1. The topological polar surface area (TPSA) is 43.1 Å². The Morgan fingerprint density at radius 3 is 2.88 bits per heavy atom. The van der Waals surface area contributed by atoms with Gasteiger partial charge in [-0.05, 0) is 37.0 Å². The lowest BCUT2D eigenvalue weighted by molar-refractivity contribution is 0.0929. The van der Waals surface area contributed by atoms with E-state index in [0.717, 1.165) is 36.8 Å². The van der Waals surface area contributed by atoms with E-state index in [0.29, 0.717) is 5.56 Å². The highest BCUT2D eigenvalue weighted by Crippen LogP contribution is 2.35. The Hall–Kier alpha value is -1.38. The van der Waals surface area contributed by atoms with Gasteiger partial charge in [-0.2, -0.15) is 0 Å². The molecule has 1 aromatic rings. The zero-order valence-corrected chi connectivity index (χ0v) is 10.3. The van der Waals surface area contributed by atoms with Gasteiger partial charge < -0.3 is 5.73 Å². The monoisotopic (exact) mass is 235 g/mol. The van der Waals surface area contributed by atoms with E-state index in [9.17, 15) is 9.18 Å². The van der Waals surface area contributed by atoms with Crippen LogP contribution in [0.5, 0.6) is 0 Å². The predicted molar refractivity (Wildman–Crippen MR) is 66.6 cm³/mol. The first-order chi connectivity index (χ1) is 8.06. The van der Waals surface area contributed by atoms with Crippen molar-refractivity contribution in [2.75, 3.05) is 5.73 Å². The number of unbranched alkanes of at least 4 members (excludes halogenated alkanes) is 1. The molecule has 0 aromatic heterocycles. The fourth-order valence-electron chi connectivity index (χ4n) is 2.56. The maximum atomic E-state index is 13.5. The number of carbonyl (C=O) groups is 1. The lowest BCUT2D eigenvalue weighted by Gasteiger charge is -2.07. The number of hydrogen-bond donors (Lipinski definition) is 1. The Balaban J connectivity index is 2.35. The fourth-order valence-corrected chi connectivity index (χ4v) is 2.56. The predicted octanol–water partition coefficient (Wildman–Crippen LogP) is 3.26. The summed E-state index contributed by atoms with van der Waals surface area (Å²) in [6, 6.07) is 1.31. The van der Waals surface area contributed by atoms with E-state index in [2.05, 4.69) is 6.92 Å². The molecule has 92 valence electrons. The van der Waals surface area contributed by atoms with Crippen LogP contribution in [0.3, 0.4) is 0 Å². The Morgan fingerprint density at radius 2 is 2.24 bits per heavy atom.